The number of aromatic nitrogens is 1. The van der Waals surface area contributed by atoms with Crippen molar-refractivity contribution < 1.29 is 0 Å². The van der Waals surface area contributed by atoms with Crippen molar-refractivity contribution in [3.63, 3.8) is 0 Å². The molecule has 0 radical (unpaired) electrons. The van der Waals surface area contributed by atoms with E-state index in [1.54, 1.807) is 0 Å². The molecule has 0 amide bonds. The highest BCUT2D eigenvalue weighted by Gasteiger charge is 2.30. The second kappa shape index (κ2) is 18.7. The van der Waals surface area contributed by atoms with Gasteiger partial charge in [0.2, 0.25) is 0 Å². The van der Waals surface area contributed by atoms with Gasteiger partial charge in [-0.2, -0.15) is 0 Å². The van der Waals surface area contributed by atoms with Crippen LogP contribution in [0.15, 0.2) is 48.1 Å². The molecule has 4 rings (SSSR count). The van der Waals surface area contributed by atoms with Crippen molar-refractivity contribution in [1.82, 2.24) is 4.98 Å². The average molecular weight is 590 g/mol. The smallest absolute Gasteiger partial charge is 0.141 e. The Hall–Kier alpha value is -2.74. The maximum absolute atomic E-state index is 6.30. The van der Waals surface area contributed by atoms with Crippen LogP contribution in [0.25, 0.3) is 5.57 Å². The summed E-state index contributed by atoms with van der Waals surface area (Å²) in [6, 6.07) is 11.1. The van der Waals surface area contributed by atoms with Gasteiger partial charge in [0.1, 0.15) is 5.82 Å². The first kappa shape index (κ1) is 37.3. The summed E-state index contributed by atoms with van der Waals surface area (Å²) in [6.07, 6.45) is 23.7. The van der Waals surface area contributed by atoms with Gasteiger partial charge >= 0.3 is 0 Å². The van der Waals surface area contributed by atoms with Crippen LogP contribution in [0.3, 0.4) is 0 Å². The Morgan fingerprint density at radius 1 is 1.10 bits per heavy atom. The van der Waals surface area contributed by atoms with E-state index in [0.717, 1.165) is 44.5 Å². The molecule has 0 saturated heterocycles. The molecule has 0 aliphatic heterocycles. The third-order valence-electron chi connectivity index (χ3n) is 7.81. The molecular weight excluding hydrogens is 531 g/mol. The molecule has 232 valence electrons. The largest absolute Gasteiger partial charge is 0.324 e. The lowest BCUT2D eigenvalue weighted by molar-refractivity contribution is 0.419. The summed E-state index contributed by atoms with van der Waals surface area (Å²) < 4.78 is 2.44. The molecular formula is C38H59N3S. The monoisotopic (exact) mass is 589 g/mol. The molecule has 4 heteroatoms. The first-order chi connectivity index (χ1) is 20.2. The molecule has 1 fully saturated rings. The van der Waals surface area contributed by atoms with Crippen molar-refractivity contribution in [1.29, 1.82) is 0 Å². The molecule has 2 N–H and O–H groups in total. The summed E-state index contributed by atoms with van der Waals surface area (Å²) in [4.78, 5) is 5.45. The molecule has 1 unspecified atom stereocenters. The van der Waals surface area contributed by atoms with Gasteiger partial charge in [0.05, 0.1) is 5.69 Å². The van der Waals surface area contributed by atoms with Crippen LogP contribution in [0.4, 0.5) is 5.82 Å². The van der Waals surface area contributed by atoms with Gasteiger partial charge in [0.25, 0.3) is 0 Å². The fourth-order valence-electron chi connectivity index (χ4n) is 5.66. The number of hydrogen-bond acceptors (Lipinski definition) is 3. The SMILES string of the molecule is C#C.C=S(=C)(C)N(CCc1ccccc1C(C)N)c1nc2c(cc1C1CCC1)C(CC)=C(C/C=C\CC)C2.CC.CC. The van der Waals surface area contributed by atoms with E-state index in [1.807, 2.05) is 27.7 Å². The Bertz CT molecular complexity index is 1290. The topological polar surface area (TPSA) is 42.1 Å². The molecule has 42 heavy (non-hydrogen) atoms. The summed E-state index contributed by atoms with van der Waals surface area (Å²) in [6.45, 7) is 15.4. The molecule has 1 aromatic carbocycles. The third-order valence-corrected chi connectivity index (χ3v) is 9.23. The van der Waals surface area contributed by atoms with Crippen molar-refractivity contribution in [3.8, 4) is 12.8 Å². The van der Waals surface area contributed by atoms with E-state index in [2.05, 4.69) is 98.4 Å². The minimum Gasteiger partial charge on any atom is -0.324 e. The van der Waals surface area contributed by atoms with Gasteiger partial charge in [0, 0.05) is 19.0 Å². The lowest BCUT2D eigenvalue weighted by atomic mass is 9.79. The number of hydrogen-bond donors (Lipinski definition) is 1. The zero-order chi connectivity index (χ0) is 31.9. The normalized spacial score (nSPS) is 14.8. The number of fused-ring (bicyclic) bond motifs is 1. The number of benzene rings is 1. The Balaban J connectivity index is 0.00000138. The molecule has 1 heterocycles. The maximum atomic E-state index is 6.30. The molecule has 2 aliphatic rings. The highest BCUT2D eigenvalue weighted by molar-refractivity contribution is 8.28. The number of rotatable bonds is 11. The maximum Gasteiger partial charge on any atom is 0.141 e. The number of nitrogens with two attached hydrogens (primary N) is 1. The van der Waals surface area contributed by atoms with Crippen molar-refractivity contribution in [3.05, 3.63) is 76.0 Å². The van der Waals surface area contributed by atoms with E-state index < -0.39 is 9.39 Å². The quantitative estimate of drug-likeness (QED) is 0.161. The summed E-state index contributed by atoms with van der Waals surface area (Å²) >= 11 is 0. The van der Waals surface area contributed by atoms with Crippen LogP contribution in [-0.4, -0.2) is 29.5 Å². The zero-order valence-electron chi connectivity index (χ0n) is 28.0. The molecule has 1 atom stereocenters. The van der Waals surface area contributed by atoms with E-state index in [9.17, 15) is 0 Å². The summed E-state index contributed by atoms with van der Waals surface area (Å²) in [5.74, 6) is 10.9. The van der Waals surface area contributed by atoms with Crippen molar-refractivity contribution in [2.45, 2.75) is 112 Å². The number of nitrogens with zero attached hydrogens (tertiary/aromatic N) is 2. The zero-order valence-corrected chi connectivity index (χ0v) is 28.8. The molecule has 1 saturated carbocycles. The predicted octanol–water partition coefficient (Wildman–Crippen LogP) is 10.0. The summed E-state index contributed by atoms with van der Waals surface area (Å²) in [7, 11) is -1.51. The van der Waals surface area contributed by atoms with Gasteiger partial charge in [-0.3, -0.25) is 0 Å². The second-order valence-corrected chi connectivity index (χ2v) is 13.7. The molecule has 0 spiro atoms. The van der Waals surface area contributed by atoms with Gasteiger partial charge in [-0.25, -0.2) is 4.98 Å². The fraction of sp³-hybridized carbons (Fsp3) is 0.500. The van der Waals surface area contributed by atoms with Crippen molar-refractivity contribution in [2.24, 2.45) is 5.73 Å². The molecule has 2 aromatic rings. The Morgan fingerprint density at radius 3 is 2.26 bits per heavy atom. The van der Waals surface area contributed by atoms with Crippen LogP contribution in [0.1, 0.15) is 127 Å². The molecule has 2 aliphatic carbocycles. The van der Waals surface area contributed by atoms with Crippen LogP contribution in [-0.2, 0) is 12.8 Å². The van der Waals surface area contributed by atoms with Crippen LogP contribution in [0.2, 0.25) is 0 Å². The Kier molecular flexibility index (Phi) is 16.6. The third kappa shape index (κ3) is 9.38. The number of pyridine rings is 1. The lowest BCUT2D eigenvalue weighted by Crippen LogP contribution is -2.27. The minimum absolute atomic E-state index is 0.0234. The number of terminal acetylenes is 1. The van der Waals surface area contributed by atoms with Gasteiger partial charge < -0.3 is 10.0 Å². The lowest BCUT2D eigenvalue weighted by Gasteiger charge is -2.36. The van der Waals surface area contributed by atoms with E-state index >= 15 is 0 Å². The van der Waals surface area contributed by atoms with Crippen LogP contribution in [0.5, 0.6) is 0 Å². The first-order valence-electron chi connectivity index (χ1n) is 16.0. The fourth-order valence-corrected chi connectivity index (χ4v) is 6.76. The van der Waals surface area contributed by atoms with Gasteiger partial charge in [-0.15, -0.1) is 22.2 Å². The van der Waals surface area contributed by atoms with E-state index in [0.29, 0.717) is 5.92 Å². The summed E-state index contributed by atoms with van der Waals surface area (Å²) in [5, 5.41) is 0. The Labute approximate surface area is 260 Å². The number of anilines is 1. The molecule has 3 nitrogen and oxygen atoms in total. The van der Waals surface area contributed by atoms with Gasteiger partial charge in [0.15, 0.2) is 0 Å². The first-order valence-corrected chi connectivity index (χ1v) is 18.4. The van der Waals surface area contributed by atoms with E-state index in [-0.39, 0.29) is 6.04 Å². The standard InChI is InChI=1S/C32H45N3S.2C2H6.C2H2/c1-7-9-10-15-26-21-31-30(27(26)8-2)22-29(24-16-13-17-24)32(34-31)35(36(4,5)6)20-19-25-14-11-12-18-28(25)23(3)33;3*1-2/h9-12,14,18,22-24H,4-5,7-8,13,15-17,19-21,33H2,1-3,6H3;2*1-2H3;1-2H/b10-9-;;;. The number of allylic oxidation sites excluding steroid dienone is 4. The van der Waals surface area contributed by atoms with Gasteiger partial charge in [-0.1, -0.05) is 102 Å². The van der Waals surface area contributed by atoms with E-state index in [4.69, 9.17) is 10.7 Å². The summed E-state index contributed by atoms with van der Waals surface area (Å²) in [5.41, 5.74) is 16.0. The van der Waals surface area contributed by atoms with Crippen LogP contribution >= 0.6 is 9.39 Å². The highest BCUT2D eigenvalue weighted by atomic mass is 32.2. The highest BCUT2D eigenvalue weighted by Crippen LogP contribution is 2.46. The second-order valence-electron chi connectivity index (χ2n) is 10.8. The predicted molar refractivity (Wildman–Crippen MR) is 196 cm³/mol. The van der Waals surface area contributed by atoms with E-state index in [1.165, 1.54) is 58.4 Å². The Morgan fingerprint density at radius 2 is 1.74 bits per heavy atom. The minimum atomic E-state index is -1.51. The van der Waals surface area contributed by atoms with Crippen LogP contribution in [0, 0.1) is 12.8 Å². The van der Waals surface area contributed by atoms with Crippen molar-refractivity contribution >= 4 is 32.5 Å². The van der Waals surface area contributed by atoms with Gasteiger partial charge in [-0.05, 0) is 91.5 Å². The molecule has 1 aromatic heterocycles. The van der Waals surface area contributed by atoms with Crippen LogP contribution < -0.4 is 10.0 Å². The average Bonchev–Trinajstić information content (AvgIpc) is 3.31. The van der Waals surface area contributed by atoms with Crippen molar-refractivity contribution in [2.75, 3.05) is 17.1 Å². The molecule has 0 bridgehead atoms.